The number of amides is 1. The summed E-state index contributed by atoms with van der Waals surface area (Å²) in [6.07, 6.45) is 0. The van der Waals surface area contributed by atoms with E-state index in [1.54, 1.807) is 55.5 Å². The van der Waals surface area contributed by atoms with E-state index >= 15 is 0 Å². The van der Waals surface area contributed by atoms with Gasteiger partial charge in [-0.05, 0) is 67.6 Å². The number of non-ortho nitro benzene ring substituents is 1. The molecular formula is C21H15Cl2N3O3. The summed E-state index contributed by atoms with van der Waals surface area (Å²) in [6, 6.07) is 19.1. The summed E-state index contributed by atoms with van der Waals surface area (Å²) in [5, 5.41) is 11.9. The van der Waals surface area contributed by atoms with Crippen molar-refractivity contribution in [1.82, 2.24) is 0 Å². The molecule has 0 aliphatic heterocycles. The van der Waals surface area contributed by atoms with Crippen LogP contribution >= 0.6 is 23.2 Å². The molecule has 8 heteroatoms. The fourth-order valence-electron chi connectivity index (χ4n) is 2.65. The first kappa shape index (κ1) is 20.5. The van der Waals surface area contributed by atoms with E-state index in [1.807, 2.05) is 0 Å². The minimum Gasteiger partial charge on any atom is -0.268 e. The van der Waals surface area contributed by atoms with Crippen molar-refractivity contribution in [1.29, 1.82) is 0 Å². The Hall–Kier alpha value is -3.22. The highest BCUT2D eigenvalue weighted by atomic mass is 35.5. The zero-order chi connectivity index (χ0) is 21.0. The van der Waals surface area contributed by atoms with E-state index in [-0.39, 0.29) is 11.6 Å². The average Bonchev–Trinajstić information content (AvgIpc) is 2.70. The predicted octanol–water partition coefficient (Wildman–Crippen LogP) is 6.30. The number of hydrogen-bond donors (Lipinski definition) is 0. The van der Waals surface area contributed by atoms with Gasteiger partial charge in [0.25, 0.3) is 11.6 Å². The highest BCUT2D eigenvalue weighted by molar-refractivity contribution is 6.31. The van der Waals surface area contributed by atoms with Gasteiger partial charge in [0.05, 0.1) is 16.3 Å². The third kappa shape index (κ3) is 4.99. The second kappa shape index (κ2) is 8.86. The van der Waals surface area contributed by atoms with Gasteiger partial charge in [-0.2, -0.15) is 0 Å². The number of aliphatic imine (C=N–C) groups is 1. The van der Waals surface area contributed by atoms with Gasteiger partial charge in [0, 0.05) is 27.7 Å². The summed E-state index contributed by atoms with van der Waals surface area (Å²) in [7, 11) is 0. The summed E-state index contributed by atoms with van der Waals surface area (Å²) in [6.45, 7) is 1.68. The van der Waals surface area contributed by atoms with Crippen molar-refractivity contribution in [3.8, 4) is 0 Å². The number of carbonyl (C=O) groups is 1. The van der Waals surface area contributed by atoms with Crippen molar-refractivity contribution in [2.75, 3.05) is 4.90 Å². The third-order valence-electron chi connectivity index (χ3n) is 4.05. The van der Waals surface area contributed by atoms with Gasteiger partial charge in [0.15, 0.2) is 0 Å². The number of amidine groups is 1. The number of nitro benzene ring substituents is 1. The first-order chi connectivity index (χ1) is 13.8. The van der Waals surface area contributed by atoms with E-state index in [2.05, 4.69) is 4.99 Å². The second-order valence-corrected chi connectivity index (χ2v) is 6.93. The van der Waals surface area contributed by atoms with Crippen LogP contribution in [0.25, 0.3) is 0 Å². The SMILES string of the molecule is CC(=Nc1ccc([N+](=O)[O-])cc1)N(C(=O)c1ccc(Cl)cc1)c1ccc(Cl)cc1. The molecule has 0 aromatic heterocycles. The van der Waals surface area contributed by atoms with Crippen molar-refractivity contribution in [2.24, 2.45) is 4.99 Å². The summed E-state index contributed by atoms with van der Waals surface area (Å²) in [4.78, 5) is 29.4. The molecular weight excluding hydrogens is 413 g/mol. The highest BCUT2D eigenvalue weighted by Gasteiger charge is 2.21. The second-order valence-electron chi connectivity index (χ2n) is 6.06. The van der Waals surface area contributed by atoms with Gasteiger partial charge in [-0.1, -0.05) is 23.2 Å². The molecule has 0 radical (unpaired) electrons. The highest BCUT2D eigenvalue weighted by Crippen LogP contribution is 2.24. The summed E-state index contributed by atoms with van der Waals surface area (Å²) >= 11 is 11.9. The normalized spacial score (nSPS) is 11.2. The van der Waals surface area contributed by atoms with Crippen molar-refractivity contribution in [2.45, 2.75) is 6.92 Å². The number of carbonyl (C=O) groups excluding carboxylic acids is 1. The summed E-state index contributed by atoms with van der Waals surface area (Å²) in [5.41, 5.74) is 1.46. The quantitative estimate of drug-likeness (QED) is 0.212. The summed E-state index contributed by atoms with van der Waals surface area (Å²) in [5.74, 6) is 0.0910. The van der Waals surface area contributed by atoms with Gasteiger partial charge >= 0.3 is 0 Å². The lowest BCUT2D eigenvalue weighted by Gasteiger charge is -2.23. The Kier molecular flexibility index (Phi) is 6.26. The van der Waals surface area contributed by atoms with Gasteiger partial charge in [0.2, 0.25) is 0 Å². The third-order valence-corrected chi connectivity index (χ3v) is 4.56. The van der Waals surface area contributed by atoms with Crippen molar-refractivity contribution < 1.29 is 9.72 Å². The molecule has 6 nitrogen and oxygen atoms in total. The van der Waals surface area contributed by atoms with E-state index in [9.17, 15) is 14.9 Å². The number of anilines is 1. The van der Waals surface area contributed by atoms with Crippen LogP contribution in [0.1, 0.15) is 17.3 Å². The molecule has 0 heterocycles. The number of nitro groups is 1. The fraction of sp³-hybridized carbons (Fsp3) is 0.0476. The smallest absolute Gasteiger partial charge is 0.268 e. The Bertz CT molecular complexity index is 1060. The average molecular weight is 428 g/mol. The zero-order valence-electron chi connectivity index (χ0n) is 15.3. The Labute approximate surface area is 177 Å². The summed E-state index contributed by atoms with van der Waals surface area (Å²) < 4.78 is 0. The molecule has 3 aromatic rings. The lowest BCUT2D eigenvalue weighted by atomic mass is 10.1. The first-order valence-electron chi connectivity index (χ1n) is 8.50. The molecule has 0 spiro atoms. The van der Waals surface area contributed by atoms with Crippen LogP contribution in [0.15, 0.2) is 77.8 Å². The molecule has 0 saturated carbocycles. The number of nitrogens with zero attached hydrogens (tertiary/aromatic N) is 3. The van der Waals surface area contributed by atoms with E-state index in [4.69, 9.17) is 23.2 Å². The molecule has 0 atom stereocenters. The minimum atomic E-state index is -0.482. The molecule has 29 heavy (non-hydrogen) atoms. The van der Waals surface area contributed by atoms with Crippen LogP contribution in [-0.2, 0) is 0 Å². The van der Waals surface area contributed by atoms with Crippen LogP contribution in [0.3, 0.4) is 0 Å². The molecule has 146 valence electrons. The van der Waals surface area contributed by atoms with Crippen LogP contribution in [-0.4, -0.2) is 16.7 Å². The van der Waals surface area contributed by atoms with E-state index in [0.717, 1.165) is 0 Å². The standard InChI is InChI=1S/C21H15Cl2N3O3/c1-14(24-18-8-12-20(13-9-18)26(28)29)25(19-10-6-17(23)7-11-19)21(27)15-2-4-16(22)5-3-15/h2-13H,1H3. The monoisotopic (exact) mass is 427 g/mol. The molecule has 0 saturated heterocycles. The first-order valence-corrected chi connectivity index (χ1v) is 9.26. The minimum absolute atomic E-state index is 0.0339. The van der Waals surface area contributed by atoms with Gasteiger partial charge in [-0.15, -0.1) is 0 Å². The number of benzene rings is 3. The largest absolute Gasteiger partial charge is 0.269 e. The molecule has 0 N–H and O–H groups in total. The van der Waals surface area contributed by atoms with Crippen LogP contribution in [0, 0.1) is 10.1 Å². The molecule has 0 aliphatic carbocycles. The Morgan fingerprint density at radius 1 is 0.897 bits per heavy atom. The topological polar surface area (TPSA) is 75.8 Å². The lowest BCUT2D eigenvalue weighted by Crippen LogP contribution is -2.35. The maximum absolute atomic E-state index is 13.2. The molecule has 0 unspecified atom stereocenters. The zero-order valence-corrected chi connectivity index (χ0v) is 16.8. The predicted molar refractivity (Wildman–Crippen MR) is 116 cm³/mol. The number of hydrogen-bond acceptors (Lipinski definition) is 4. The number of rotatable bonds is 4. The molecule has 1 amide bonds. The van der Waals surface area contributed by atoms with Gasteiger partial charge in [0.1, 0.15) is 5.84 Å². The van der Waals surface area contributed by atoms with Crippen LogP contribution in [0.5, 0.6) is 0 Å². The van der Waals surface area contributed by atoms with Gasteiger partial charge in [-0.3, -0.25) is 19.8 Å². The Morgan fingerprint density at radius 3 is 1.93 bits per heavy atom. The molecule has 0 bridgehead atoms. The number of halogens is 2. The molecule has 3 aromatic carbocycles. The van der Waals surface area contributed by atoms with E-state index in [1.165, 1.54) is 29.2 Å². The Balaban J connectivity index is 2.01. The Morgan fingerprint density at radius 2 is 1.41 bits per heavy atom. The lowest BCUT2D eigenvalue weighted by molar-refractivity contribution is -0.384. The molecule has 0 aliphatic rings. The van der Waals surface area contributed by atoms with Crippen LogP contribution < -0.4 is 4.90 Å². The fourth-order valence-corrected chi connectivity index (χ4v) is 2.90. The van der Waals surface area contributed by atoms with Crippen molar-refractivity contribution in [3.63, 3.8) is 0 Å². The maximum atomic E-state index is 13.2. The van der Waals surface area contributed by atoms with Gasteiger partial charge < -0.3 is 0 Å². The van der Waals surface area contributed by atoms with Gasteiger partial charge in [-0.25, -0.2) is 4.99 Å². The van der Waals surface area contributed by atoms with Crippen LogP contribution in [0.4, 0.5) is 17.1 Å². The maximum Gasteiger partial charge on any atom is 0.269 e. The van der Waals surface area contributed by atoms with E-state index < -0.39 is 4.92 Å². The van der Waals surface area contributed by atoms with E-state index in [0.29, 0.717) is 32.8 Å². The molecule has 0 fully saturated rings. The molecule has 3 rings (SSSR count). The van der Waals surface area contributed by atoms with Crippen LogP contribution in [0.2, 0.25) is 10.0 Å². The van der Waals surface area contributed by atoms with Crippen molar-refractivity contribution >= 4 is 52.0 Å². The van der Waals surface area contributed by atoms with Crippen molar-refractivity contribution in [3.05, 3.63) is 98.5 Å².